The van der Waals surface area contributed by atoms with Gasteiger partial charge in [0.05, 0.1) is 0 Å². The van der Waals surface area contributed by atoms with Crippen molar-refractivity contribution in [2.24, 2.45) is 0 Å². The fourth-order valence-corrected chi connectivity index (χ4v) is 3.44. The van der Waals surface area contributed by atoms with Gasteiger partial charge in [-0.3, -0.25) is 0 Å². The predicted octanol–water partition coefficient (Wildman–Crippen LogP) is 5.90. The molecule has 1 N–H and O–H groups in total. The average molecular weight is 469 g/mol. The second-order valence-electron chi connectivity index (χ2n) is 7.73. The average Bonchev–Trinajstić information content (AvgIpc) is 2.90. The van der Waals surface area contributed by atoms with E-state index in [0.29, 0.717) is 0 Å². The summed E-state index contributed by atoms with van der Waals surface area (Å²) in [5.41, 5.74) is 2.50. The Kier molecular flexibility index (Phi) is 7.76. The van der Waals surface area contributed by atoms with E-state index in [-0.39, 0.29) is 42.4 Å². The number of aromatic carboxylic acids is 1. The van der Waals surface area contributed by atoms with E-state index in [1.807, 2.05) is 91.0 Å². The number of ether oxygens (including phenoxy) is 3. The fourth-order valence-electron chi connectivity index (χ4n) is 3.44. The molecule has 0 bridgehead atoms. The molecule has 0 saturated carbocycles. The lowest BCUT2D eigenvalue weighted by Gasteiger charge is -2.18. The molecule has 6 heteroatoms. The Morgan fingerprint density at radius 1 is 0.543 bits per heavy atom. The number of benzene rings is 4. The number of rotatable bonds is 10. The lowest BCUT2D eigenvalue weighted by molar-refractivity contribution is 0.0465. The number of hydrogen-bond donors (Lipinski definition) is 1. The van der Waals surface area contributed by atoms with Gasteiger partial charge in [0.2, 0.25) is 0 Å². The summed E-state index contributed by atoms with van der Waals surface area (Å²) in [6, 6.07) is 30.7. The molecule has 0 saturated heterocycles. The summed E-state index contributed by atoms with van der Waals surface area (Å²) >= 11 is 0. The van der Waals surface area contributed by atoms with Crippen molar-refractivity contribution < 1.29 is 28.9 Å². The highest BCUT2D eigenvalue weighted by Gasteiger charge is 2.25. The maximum Gasteiger partial charge on any atom is 0.342 e. The van der Waals surface area contributed by atoms with Crippen LogP contribution in [0.2, 0.25) is 0 Å². The van der Waals surface area contributed by atoms with Crippen LogP contribution < -0.4 is 9.47 Å². The van der Waals surface area contributed by atoms with E-state index in [1.165, 1.54) is 12.1 Å². The van der Waals surface area contributed by atoms with Crippen molar-refractivity contribution in [3.63, 3.8) is 0 Å². The van der Waals surface area contributed by atoms with Gasteiger partial charge in [-0.1, -0.05) is 91.0 Å². The molecular weight excluding hydrogens is 444 g/mol. The standard InChI is InChI=1S/C29H24O6/c30-28(31)24-16-17-25(29(32)35-20-23-14-8-3-9-15-23)27(34-19-22-12-6-2-7-13-22)26(24)33-18-21-10-4-1-5-11-21/h1-17H,18-20H2,(H,30,31). The molecule has 0 aliphatic heterocycles. The molecule has 0 unspecified atom stereocenters. The van der Waals surface area contributed by atoms with E-state index in [1.54, 1.807) is 0 Å². The fraction of sp³-hybridized carbons (Fsp3) is 0.103. The Morgan fingerprint density at radius 2 is 0.943 bits per heavy atom. The first-order valence-corrected chi connectivity index (χ1v) is 11.1. The first-order chi connectivity index (χ1) is 17.1. The SMILES string of the molecule is O=C(O)c1ccc(C(=O)OCc2ccccc2)c(OCc2ccccc2)c1OCc1ccccc1. The van der Waals surface area contributed by atoms with E-state index >= 15 is 0 Å². The van der Waals surface area contributed by atoms with E-state index < -0.39 is 11.9 Å². The smallest absolute Gasteiger partial charge is 0.342 e. The number of carbonyl (C=O) groups excluding carboxylic acids is 1. The summed E-state index contributed by atoms with van der Waals surface area (Å²) in [6.45, 7) is 0.286. The Morgan fingerprint density at radius 3 is 1.40 bits per heavy atom. The Balaban J connectivity index is 1.67. The molecule has 4 aromatic carbocycles. The second-order valence-corrected chi connectivity index (χ2v) is 7.73. The lowest BCUT2D eigenvalue weighted by Crippen LogP contribution is -2.13. The highest BCUT2D eigenvalue weighted by Crippen LogP contribution is 2.37. The summed E-state index contributed by atoms with van der Waals surface area (Å²) in [5, 5.41) is 9.80. The van der Waals surface area contributed by atoms with Crippen LogP contribution in [-0.2, 0) is 24.6 Å². The minimum absolute atomic E-state index is 0.0218. The van der Waals surface area contributed by atoms with Crippen molar-refractivity contribution in [1.29, 1.82) is 0 Å². The van der Waals surface area contributed by atoms with Crippen LogP contribution in [0.1, 0.15) is 37.4 Å². The van der Waals surface area contributed by atoms with Crippen LogP contribution in [0.15, 0.2) is 103 Å². The van der Waals surface area contributed by atoms with Gasteiger partial charge in [0.25, 0.3) is 0 Å². The first-order valence-electron chi connectivity index (χ1n) is 11.1. The largest absolute Gasteiger partial charge is 0.484 e. The summed E-state index contributed by atoms with van der Waals surface area (Å²) in [7, 11) is 0. The van der Waals surface area contributed by atoms with Gasteiger partial charge in [0.15, 0.2) is 11.5 Å². The van der Waals surface area contributed by atoms with E-state index in [9.17, 15) is 14.7 Å². The molecule has 0 aliphatic carbocycles. The minimum atomic E-state index is -1.19. The van der Waals surface area contributed by atoms with Crippen molar-refractivity contribution >= 4 is 11.9 Å². The van der Waals surface area contributed by atoms with E-state index in [4.69, 9.17) is 14.2 Å². The molecule has 0 amide bonds. The zero-order chi connectivity index (χ0) is 24.5. The van der Waals surface area contributed by atoms with E-state index in [2.05, 4.69) is 0 Å². The van der Waals surface area contributed by atoms with Crippen molar-refractivity contribution in [3.05, 3.63) is 131 Å². The maximum atomic E-state index is 13.1. The third-order valence-electron chi connectivity index (χ3n) is 5.23. The molecule has 0 fully saturated rings. The van der Waals surface area contributed by atoms with Gasteiger partial charge in [-0.05, 0) is 28.8 Å². The maximum absolute atomic E-state index is 13.1. The summed E-state index contributed by atoms with van der Waals surface area (Å²) in [5.74, 6) is -1.82. The van der Waals surface area contributed by atoms with Crippen molar-refractivity contribution in [2.45, 2.75) is 19.8 Å². The predicted molar refractivity (Wildman–Crippen MR) is 131 cm³/mol. The summed E-state index contributed by atoms with van der Waals surface area (Å²) in [6.07, 6.45) is 0. The van der Waals surface area contributed by atoms with Crippen LogP contribution in [0.4, 0.5) is 0 Å². The molecule has 0 aliphatic rings. The Hall–Kier alpha value is -4.58. The van der Waals surface area contributed by atoms with Gasteiger partial charge in [-0.15, -0.1) is 0 Å². The molecule has 0 spiro atoms. The van der Waals surface area contributed by atoms with Gasteiger partial charge in [-0.25, -0.2) is 9.59 Å². The van der Waals surface area contributed by atoms with Gasteiger partial charge in [0.1, 0.15) is 30.9 Å². The topological polar surface area (TPSA) is 82.1 Å². The molecule has 0 radical (unpaired) electrons. The molecule has 35 heavy (non-hydrogen) atoms. The van der Waals surface area contributed by atoms with Crippen molar-refractivity contribution in [2.75, 3.05) is 0 Å². The van der Waals surface area contributed by atoms with Gasteiger partial charge < -0.3 is 19.3 Å². The van der Waals surface area contributed by atoms with Gasteiger partial charge >= 0.3 is 11.9 Å². The van der Waals surface area contributed by atoms with Crippen LogP contribution in [0.5, 0.6) is 11.5 Å². The lowest BCUT2D eigenvalue weighted by atomic mass is 10.1. The highest BCUT2D eigenvalue weighted by atomic mass is 16.5. The molecule has 6 nitrogen and oxygen atoms in total. The second kappa shape index (κ2) is 11.5. The van der Waals surface area contributed by atoms with Crippen molar-refractivity contribution in [3.8, 4) is 11.5 Å². The third-order valence-corrected chi connectivity index (χ3v) is 5.23. The first kappa shape index (κ1) is 23.6. The number of hydrogen-bond acceptors (Lipinski definition) is 5. The summed E-state index contributed by atoms with van der Waals surface area (Å²) in [4.78, 5) is 25.1. The van der Waals surface area contributed by atoms with Crippen LogP contribution in [0, 0.1) is 0 Å². The normalized spacial score (nSPS) is 10.4. The van der Waals surface area contributed by atoms with Gasteiger partial charge in [-0.2, -0.15) is 0 Å². The quantitative estimate of drug-likeness (QED) is 0.292. The number of esters is 1. The Labute approximate surface area is 203 Å². The molecule has 0 atom stereocenters. The third kappa shape index (κ3) is 6.26. The van der Waals surface area contributed by atoms with Crippen LogP contribution in [0.3, 0.4) is 0 Å². The number of carboxylic acid groups (broad SMARTS) is 1. The number of carbonyl (C=O) groups is 2. The molecular formula is C29H24O6. The molecule has 176 valence electrons. The molecule has 4 rings (SSSR count). The monoisotopic (exact) mass is 468 g/mol. The minimum Gasteiger partial charge on any atom is -0.484 e. The zero-order valence-corrected chi connectivity index (χ0v) is 18.9. The van der Waals surface area contributed by atoms with Gasteiger partial charge in [0, 0.05) is 0 Å². The Bertz CT molecular complexity index is 1270. The molecule has 4 aromatic rings. The van der Waals surface area contributed by atoms with Crippen LogP contribution >= 0.6 is 0 Å². The van der Waals surface area contributed by atoms with Crippen LogP contribution in [0.25, 0.3) is 0 Å². The van der Waals surface area contributed by atoms with Crippen molar-refractivity contribution in [1.82, 2.24) is 0 Å². The highest BCUT2D eigenvalue weighted by molar-refractivity contribution is 5.98. The van der Waals surface area contributed by atoms with Crippen LogP contribution in [-0.4, -0.2) is 17.0 Å². The molecule has 0 aromatic heterocycles. The molecule has 0 heterocycles. The number of carboxylic acids is 1. The van der Waals surface area contributed by atoms with E-state index in [0.717, 1.165) is 16.7 Å². The zero-order valence-electron chi connectivity index (χ0n) is 18.9. The summed E-state index contributed by atoms with van der Waals surface area (Å²) < 4.78 is 17.5.